The lowest BCUT2D eigenvalue weighted by molar-refractivity contribution is 0.0936. The Morgan fingerprint density at radius 3 is 2.58 bits per heavy atom. The van der Waals surface area contributed by atoms with Crippen LogP contribution in [0, 0.1) is 5.92 Å². The van der Waals surface area contributed by atoms with Gasteiger partial charge in [0, 0.05) is 25.2 Å². The first kappa shape index (κ1) is 14.6. The summed E-state index contributed by atoms with van der Waals surface area (Å²) in [6.45, 7) is 6.29. The number of likely N-dealkylation sites (tertiary alicyclic amines) is 1. The Morgan fingerprint density at radius 2 is 1.95 bits per heavy atom. The molecule has 2 atom stereocenters. The summed E-state index contributed by atoms with van der Waals surface area (Å²) < 4.78 is 5.05. The van der Waals surface area contributed by atoms with Gasteiger partial charge in [-0.3, -0.25) is 0 Å². The minimum absolute atomic E-state index is 0.145. The monoisotopic (exact) mass is 268 g/mol. The molecule has 4 heteroatoms. The largest absolute Gasteiger partial charge is 0.450 e. The van der Waals surface area contributed by atoms with E-state index in [1.807, 2.05) is 11.8 Å². The van der Waals surface area contributed by atoms with Crippen LogP contribution < -0.4 is 5.32 Å². The van der Waals surface area contributed by atoms with Crippen LogP contribution in [0.25, 0.3) is 0 Å². The van der Waals surface area contributed by atoms with Gasteiger partial charge in [0.2, 0.25) is 0 Å². The third-order valence-electron chi connectivity index (χ3n) is 4.65. The van der Waals surface area contributed by atoms with Crippen LogP contribution in [-0.4, -0.2) is 42.8 Å². The van der Waals surface area contributed by atoms with Gasteiger partial charge in [-0.15, -0.1) is 0 Å². The van der Waals surface area contributed by atoms with Crippen molar-refractivity contribution in [1.29, 1.82) is 0 Å². The van der Waals surface area contributed by atoms with E-state index in [1.54, 1.807) is 0 Å². The zero-order chi connectivity index (χ0) is 13.7. The first-order valence-electron chi connectivity index (χ1n) is 7.92. The smallest absolute Gasteiger partial charge is 0.409 e. The average Bonchev–Trinajstić information content (AvgIpc) is 2.87. The molecule has 1 N–H and O–H groups in total. The summed E-state index contributed by atoms with van der Waals surface area (Å²) in [5.74, 6) is 0.864. The Kier molecular flexibility index (Phi) is 5.49. The molecule has 19 heavy (non-hydrogen) atoms. The molecule has 0 aromatic carbocycles. The van der Waals surface area contributed by atoms with Crippen molar-refractivity contribution in [3.63, 3.8) is 0 Å². The maximum absolute atomic E-state index is 11.6. The minimum atomic E-state index is -0.145. The lowest BCUT2D eigenvalue weighted by atomic mass is 9.97. The topological polar surface area (TPSA) is 41.6 Å². The van der Waals surface area contributed by atoms with E-state index >= 15 is 0 Å². The lowest BCUT2D eigenvalue weighted by Crippen LogP contribution is -2.48. The molecule has 1 heterocycles. The summed E-state index contributed by atoms with van der Waals surface area (Å²) in [5.41, 5.74) is 0. The lowest BCUT2D eigenvalue weighted by Gasteiger charge is -2.34. The van der Waals surface area contributed by atoms with Gasteiger partial charge in [-0.05, 0) is 38.5 Å². The second-order valence-electron chi connectivity index (χ2n) is 5.83. The number of piperidine rings is 1. The van der Waals surface area contributed by atoms with Crippen molar-refractivity contribution in [1.82, 2.24) is 10.2 Å². The van der Waals surface area contributed by atoms with E-state index < -0.39 is 0 Å². The molecular formula is C15H28N2O2. The molecule has 1 saturated heterocycles. The number of carbonyl (C=O) groups excluding carboxylic acids is 1. The van der Waals surface area contributed by atoms with E-state index in [1.165, 1.54) is 25.7 Å². The number of carbonyl (C=O) groups is 1. The Bertz CT molecular complexity index is 288. The van der Waals surface area contributed by atoms with Crippen LogP contribution in [0.2, 0.25) is 0 Å². The van der Waals surface area contributed by atoms with Gasteiger partial charge in [-0.25, -0.2) is 4.79 Å². The van der Waals surface area contributed by atoms with E-state index in [4.69, 9.17) is 4.74 Å². The summed E-state index contributed by atoms with van der Waals surface area (Å²) in [6.07, 6.45) is 7.36. The highest BCUT2D eigenvalue weighted by atomic mass is 16.6. The molecule has 0 radical (unpaired) electrons. The predicted molar refractivity (Wildman–Crippen MR) is 76.2 cm³/mol. The maximum Gasteiger partial charge on any atom is 0.409 e. The van der Waals surface area contributed by atoms with Crippen LogP contribution in [0.5, 0.6) is 0 Å². The zero-order valence-corrected chi connectivity index (χ0v) is 12.4. The van der Waals surface area contributed by atoms with E-state index in [0.717, 1.165) is 31.8 Å². The molecule has 1 aliphatic heterocycles. The summed E-state index contributed by atoms with van der Waals surface area (Å²) >= 11 is 0. The molecule has 0 bridgehead atoms. The standard InChI is InChI=1S/C15H28N2O2/c1-3-12-6-5-7-14(12)16-13-8-10-17(11-9-13)15(18)19-4-2/h12-14,16H,3-11H2,1-2H3. The van der Waals surface area contributed by atoms with Gasteiger partial charge in [-0.1, -0.05) is 19.8 Å². The fraction of sp³-hybridized carbons (Fsp3) is 0.933. The molecule has 2 rings (SSSR count). The normalized spacial score (nSPS) is 28.6. The number of nitrogens with one attached hydrogen (secondary N) is 1. The number of rotatable bonds is 4. The summed E-state index contributed by atoms with van der Waals surface area (Å²) in [7, 11) is 0. The van der Waals surface area contributed by atoms with Crippen LogP contribution in [0.1, 0.15) is 52.4 Å². The van der Waals surface area contributed by atoms with Gasteiger partial charge < -0.3 is 15.0 Å². The third kappa shape index (κ3) is 3.85. The molecule has 4 nitrogen and oxygen atoms in total. The Balaban J connectivity index is 1.73. The Labute approximate surface area is 116 Å². The third-order valence-corrected chi connectivity index (χ3v) is 4.65. The van der Waals surface area contributed by atoms with Crippen molar-refractivity contribution in [3.8, 4) is 0 Å². The van der Waals surface area contributed by atoms with Crippen LogP contribution in [-0.2, 0) is 4.74 Å². The van der Waals surface area contributed by atoms with Crippen molar-refractivity contribution in [2.75, 3.05) is 19.7 Å². The minimum Gasteiger partial charge on any atom is -0.450 e. The molecular weight excluding hydrogens is 240 g/mol. The quantitative estimate of drug-likeness (QED) is 0.852. The molecule has 1 saturated carbocycles. The number of hydrogen-bond donors (Lipinski definition) is 1. The molecule has 0 aromatic rings. The fourth-order valence-corrected chi connectivity index (χ4v) is 3.49. The Morgan fingerprint density at radius 1 is 1.21 bits per heavy atom. The Hall–Kier alpha value is -0.770. The van der Waals surface area contributed by atoms with Crippen molar-refractivity contribution in [2.24, 2.45) is 5.92 Å². The molecule has 0 aromatic heterocycles. The van der Waals surface area contributed by atoms with Gasteiger partial charge in [0.05, 0.1) is 6.61 Å². The van der Waals surface area contributed by atoms with Gasteiger partial charge in [0.25, 0.3) is 0 Å². The maximum atomic E-state index is 11.6. The first-order chi connectivity index (χ1) is 9.24. The van der Waals surface area contributed by atoms with Gasteiger partial charge in [0.15, 0.2) is 0 Å². The van der Waals surface area contributed by atoms with Crippen molar-refractivity contribution in [2.45, 2.75) is 64.5 Å². The highest BCUT2D eigenvalue weighted by Crippen LogP contribution is 2.29. The van der Waals surface area contributed by atoms with E-state index in [9.17, 15) is 4.79 Å². The highest BCUT2D eigenvalue weighted by Gasteiger charge is 2.30. The van der Waals surface area contributed by atoms with Crippen molar-refractivity contribution in [3.05, 3.63) is 0 Å². The second kappa shape index (κ2) is 7.13. The van der Waals surface area contributed by atoms with Gasteiger partial charge in [-0.2, -0.15) is 0 Å². The van der Waals surface area contributed by atoms with Crippen LogP contribution >= 0.6 is 0 Å². The van der Waals surface area contributed by atoms with Crippen molar-refractivity contribution >= 4 is 6.09 Å². The molecule has 2 unspecified atom stereocenters. The molecule has 1 amide bonds. The van der Waals surface area contributed by atoms with E-state index in [-0.39, 0.29) is 6.09 Å². The SMILES string of the molecule is CCOC(=O)N1CCC(NC2CCCC2CC)CC1. The summed E-state index contributed by atoms with van der Waals surface area (Å²) in [6, 6.07) is 1.30. The second-order valence-corrected chi connectivity index (χ2v) is 5.83. The zero-order valence-electron chi connectivity index (χ0n) is 12.4. The average molecular weight is 268 g/mol. The van der Waals surface area contributed by atoms with E-state index in [2.05, 4.69) is 12.2 Å². The van der Waals surface area contributed by atoms with Crippen LogP contribution in [0.3, 0.4) is 0 Å². The molecule has 1 aliphatic carbocycles. The molecule has 0 spiro atoms. The number of hydrogen-bond acceptors (Lipinski definition) is 3. The number of amides is 1. The summed E-state index contributed by atoms with van der Waals surface area (Å²) in [5, 5.41) is 3.83. The first-order valence-corrected chi connectivity index (χ1v) is 7.92. The fourth-order valence-electron chi connectivity index (χ4n) is 3.49. The van der Waals surface area contributed by atoms with Gasteiger partial charge in [0.1, 0.15) is 0 Å². The predicted octanol–water partition coefficient (Wildman–Crippen LogP) is 2.78. The van der Waals surface area contributed by atoms with Crippen LogP contribution in [0.15, 0.2) is 0 Å². The van der Waals surface area contributed by atoms with Crippen LogP contribution in [0.4, 0.5) is 4.79 Å². The molecule has 2 fully saturated rings. The highest BCUT2D eigenvalue weighted by molar-refractivity contribution is 5.67. The van der Waals surface area contributed by atoms with E-state index in [0.29, 0.717) is 18.7 Å². The van der Waals surface area contributed by atoms with Crippen molar-refractivity contribution < 1.29 is 9.53 Å². The number of ether oxygens (including phenoxy) is 1. The molecule has 2 aliphatic rings. The number of nitrogens with zero attached hydrogens (tertiary/aromatic N) is 1. The van der Waals surface area contributed by atoms with Gasteiger partial charge >= 0.3 is 6.09 Å². The molecule has 110 valence electrons. The summed E-state index contributed by atoms with van der Waals surface area (Å²) in [4.78, 5) is 13.5.